The predicted molar refractivity (Wildman–Crippen MR) is 142 cm³/mol. The summed E-state index contributed by atoms with van der Waals surface area (Å²) in [6.07, 6.45) is 4.20. The summed E-state index contributed by atoms with van der Waals surface area (Å²) in [5.74, 6) is -1.44. The first-order chi connectivity index (χ1) is 19.4. The van der Waals surface area contributed by atoms with Crippen LogP contribution in [-0.4, -0.2) is 34.8 Å². The van der Waals surface area contributed by atoms with E-state index < -0.39 is 30.6 Å². The van der Waals surface area contributed by atoms with Crippen molar-refractivity contribution in [3.05, 3.63) is 119 Å². The molecule has 0 atom stereocenters. The second-order valence-electron chi connectivity index (χ2n) is 8.47. The molecule has 0 fully saturated rings. The van der Waals surface area contributed by atoms with Gasteiger partial charge < -0.3 is 13.9 Å². The summed E-state index contributed by atoms with van der Waals surface area (Å²) in [5.41, 5.74) is 1.65. The van der Waals surface area contributed by atoms with Crippen molar-refractivity contribution in [2.45, 2.75) is 6.61 Å². The van der Waals surface area contributed by atoms with Gasteiger partial charge in [-0.3, -0.25) is 4.79 Å². The van der Waals surface area contributed by atoms with Gasteiger partial charge in [-0.1, -0.05) is 36.4 Å². The van der Waals surface area contributed by atoms with Crippen LogP contribution in [0.3, 0.4) is 0 Å². The minimum atomic E-state index is -2.98. The van der Waals surface area contributed by atoms with Crippen LogP contribution in [-0.2, 0) is 9.53 Å². The number of fused-ring (bicyclic) bond motifs is 1. The molecule has 2 heterocycles. The highest BCUT2D eigenvalue weighted by Crippen LogP contribution is 2.25. The Hall–Kier alpha value is -5.38. The van der Waals surface area contributed by atoms with Gasteiger partial charge in [-0.05, 0) is 54.6 Å². The van der Waals surface area contributed by atoms with Crippen LogP contribution in [0.15, 0.2) is 106 Å². The summed E-state index contributed by atoms with van der Waals surface area (Å²) in [7, 11) is 0. The number of para-hydroxylation sites is 2. The number of carbonyl (C=O) groups excluding carboxylic acids is 2. The van der Waals surface area contributed by atoms with Crippen molar-refractivity contribution < 1.29 is 32.3 Å². The van der Waals surface area contributed by atoms with E-state index in [0.29, 0.717) is 16.5 Å². The number of hydrogen-bond donors (Lipinski definition) is 0. The standard InChI is InChI=1S/C30H20F2N2O6/c31-30(32)39-23-13-10-19(11-14-23)25(35)18-38-27(36)15-12-21-17-34(22-7-2-1-3-8-22)33-28(21)24-16-20-6-4-5-9-26(20)40-29(24)37/h1-17,30H,18H2/b15-12+. The number of alkyl halides is 2. The van der Waals surface area contributed by atoms with Crippen LogP contribution >= 0.6 is 0 Å². The summed E-state index contributed by atoms with van der Waals surface area (Å²) in [4.78, 5) is 37.6. The van der Waals surface area contributed by atoms with Gasteiger partial charge >= 0.3 is 18.2 Å². The zero-order chi connectivity index (χ0) is 28.1. The Balaban J connectivity index is 1.37. The van der Waals surface area contributed by atoms with Crippen LogP contribution < -0.4 is 10.4 Å². The first kappa shape index (κ1) is 26.2. The molecule has 10 heteroatoms. The lowest BCUT2D eigenvalue weighted by molar-refractivity contribution is -0.136. The minimum Gasteiger partial charge on any atom is -0.454 e. The zero-order valence-electron chi connectivity index (χ0n) is 20.7. The number of rotatable bonds is 9. The van der Waals surface area contributed by atoms with Crippen molar-refractivity contribution in [2.24, 2.45) is 0 Å². The van der Waals surface area contributed by atoms with E-state index in [0.717, 1.165) is 11.8 Å². The van der Waals surface area contributed by atoms with E-state index in [1.54, 1.807) is 35.1 Å². The molecule has 0 aliphatic rings. The number of halogens is 2. The van der Waals surface area contributed by atoms with Crippen molar-refractivity contribution in [3.63, 3.8) is 0 Å². The van der Waals surface area contributed by atoms with Crippen molar-refractivity contribution in [2.75, 3.05) is 6.61 Å². The van der Waals surface area contributed by atoms with Crippen LogP contribution in [0.1, 0.15) is 15.9 Å². The first-order valence-electron chi connectivity index (χ1n) is 12.0. The van der Waals surface area contributed by atoms with Gasteiger partial charge in [-0.25, -0.2) is 14.3 Å². The Morgan fingerprint density at radius 3 is 2.45 bits per heavy atom. The molecule has 8 nitrogen and oxygen atoms in total. The van der Waals surface area contributed by atoms with Crippen molar-refractivity contribution in [1.82, 2.24) is 9.78 Å². The van der Waals surface area contributed by atoms with Gasteiger partial charge in [0.05, 0.1) is 11.3 Å². The molecule has 0 amide bonds. The van der Waals surface area contributed by atoms with Gasteiger partial charge in [0, 0.05) is 28.8 Å². The molecule has 0 bridgehead atoms. The van der Waals surface area contributed by atoms with Crippen LogP contribution in [0.4, 0.5) is 8.78 Å². The highest BCUT2D eigenvalue weighted by Gasteiger charge is 2.17. The monoisotopic (exact) mass is 542 g/mol. The second-order valence-corrected chi connectivity index (χ2v) is 8.47. The van der Waals surface area contributed by atoms with Gasteiger partial charge in [0.1, 0.15) is 17.0 Å². The topological polar surface area (TPSA) is 101 Å². The van der Waals surface area contributed by atoms with Crippen molar-refractivity contribution in [3.8, 4) is 22.7 Å². The molecular formula is C30H20F2N2O6. The van der Waals surface area contributed by atoms with Gasteiger partial charge in [0.25, 0.3) is 0 Å². The van der Waals surface area contributed by atoms with Crippen molar-refractivity contribution in [1.29, 1.82) is 0 Å². The molecule has 0 aliphatic carbocycles. The third-order valence-corrected chi connectivity index (χ3v) is 5.81. The van der Waals surface area contributed by atoms with E-state index in [1.165, 1.54) is 30.3 Å². The molecule has 0 spiro atoms. The number of carbonyl (C=O) groups is 2. The molecule has 0 aliphatic heterocycles. The van der Waals surface area contributed by atoms with Crippen LogP contribution in [0.5, 0.6) is 5.75 Å². The molecular weight excluding hydrogens is 522 g/mol. The van der Waals surface area contributed by atoms with Crippen LogP contribution in [0, 0.1) is 0 Å². The average Bonchev–Trinajstić information content (AvgIpc) is 3.39. The number of ether oxygens (including phenoxy) is 2. The first-order valence-corrected chi connectivity index (χ1v) is 12.0. The van der Waals surface area contributed by atoms with E-state index in [4.69, 9.17) is 9.15 Å². The van der Waals surface area contributed by atoms with E-state index in [2.05, 4.69) is 9.84 Å². The molecule has 200 valence electrons. The average molecular weight is 542 g/mol. The number of benzene rings is 3. The highest BCUT2D eigenvalue weighted by molar-refractivity contribution is 5.99. The molecule has 3 aromatic carbocycles. The SMILES string of the molecule is O=C(/C=C/c1cn(-c2ccccc2)nc1-c1cc2ccccc2oc1=O)OCC(=O)c1ccc(OC(F)F)cc1. The number of aromatic nitrogens is 2. The van der Waals surface area contributed by atoms with Crippen molar-refractivity contribution >= 4 is 28.8 Å². The molecule has 5 aromatic rings. The number of Topliss-reactive ketones (excluding diaryl/α,β-unsaturated/α-hetero) is 1. The molecule has 2 aromatic heterocycles. The minimum absolute atomic E-state index is 0.0984. The Labute approximate surface area is 225 Å². The molecule has 0 N–H and O–H groups in total. The van der Waals surface area contributed by atoms with Gasteiger partial charge in [-0.2, -0.15) is 13.9 Å². The zero-order valence-corrected chi connectivity index (χ0v) is 20.7. The van der Waals surface area contributed by atoms with E-state index in [-0.39, 0.29) is 22.6 Å². The maximum Gasteiger partial charge on any atom is 0.387 e. The predicted octanol–water partition coefficient (Wildman–Crippen LogP) is 5.69. The summed E-state index contributed by atoms with van der Waals surface area (Å²) in [6, 6.07) is 23.0. The van der Waals surface area contributed by atoms with Gasteiger partial charge in [0.15, 0.2) is 12.4 Å². The van der Waals surface area contributed by atoms with Crippen LogP contribution in [0.25, 0.3) is 34.0 Å². The number of ketones is 1. The number of hydrogen-bond acceptors (Lipinski definition) is 7. The maximum atomic E-state index is 12.8. The molecule has 5 rings (SSSR count). The Morgan fingerprint density at radius 2 is 1.70 bits per heavy atom. The summed E-state index contributed by atoms with van der Waals surface area (Å²) < 4.78 is 40.9. The lowest BCUT2D eigenvalue weighted by atomic mass is 10.1. The normalized spacial score (nSPS) is 11.3. The van der Waals surface area contributed by atoms with Gasteiger partial charge in [0.2, 0.25) is 0 Å². The highest BCUT2D eigenvalue weighted by atomic mass is 19.3. The van der Waals surface area contributed by atoms with E-state index in [1.807, 2.05) is 36.4 Å². The smallest absolute Gasteiger partial charge is 0.387 e. The fourth-order valence-electron chi connectivity index (χ4n) is 3.91. The lowest BCUT2D eigenvalue weighted by Gasteiger charge is -2.05. The summed E-state index contributed by atoms with van der Waals surface area (Å²) >= 11 is 0. The van der Waals surface area contributed by atoms with E-state index in [9.17, 15) is 23.2 Å². The maximum absolute atomic E-state index is 12.8. The molecule has 0 unspecified atom stereocenters. The Bertz CT molecular complexity index is 1760. The molecule has 0 radical (unpaired) electrons. The van der Waals surface area contributed by atoms with Crippen LogP contribution in [0.2, 0.25) is 0 Å². The summed E-state index contributed by atoms with van der Waals surface area (Å²) in [5, 5.41) is 5.28. The van der Waals surface area contributed by atoms with Gasteiger partial charge in [-0.15, -0.1) is 0 Å². The molecule has 0 saturated carbocycles. The molecule has 0 saturated heterocycles. The number of nitrogens with zero attached hydrogens (tertiary/aromatic N) is 2. The largest absolute Gasteiger partial charge is 0.454 e. The lowest BCUT2D eigenvalue weighted by Crippen LogP contribution is -2.12. The fourth-order valence-corrected chi connectivity index (χ4v) is 3.91. The quantitative estimate of drug-likeness (QED) is 0.102. The molecule has 40 heavy (non-hydrogen) atoms. The number of esters is 1. The second kappa shape index (κ2) is 11.6. The van der Waals surface area contributed by atoms with E-state index >= 15 is 0 Å². The fraction of sp³-hybridized carbons (Fsp3) is 0.0667. The Kier molecular flexibility index (Phi) is 7.58. The Morgan fingerprint density at radius 1 is 0.975 bits per heavy atom. The third-order valence-electron chi connectivity index (χ3n) is 5.81. The summed E-state index contributed by atoms with van der Waals surface area (Å²) in [6.45, 7) is -3.55. The third kappa shape index (κ3) is 6.02.